The summed E-state index contributed by atoms with van der Waals surface area (Å²) in [5, 5.41) is 6.92. The Hall–Kier alpha value is -3.63. The van der Waals surface area contributed by atoms with Crippen molar-refractivity contribution in [2.24, 2.45) is 0 Å². The van der Waals surface area contributed by atoms with E-state index in [2.05, 4.69) is 42.5 Å². The third-order valence-electron chi connectivity index (χ3n) is 6.06. The van der Waals surface area contributed by atoms with Crippen molar-refractivity contribution in [2.45, 2.75) is 32.3 Å². The molecule has 1 amide bonds. The number of nitrogens with zero attached hydrogens (tertiary/aromatic N) is 5. The van der Waals surface area contributed by atoms with Gasteiger partial charge in [0.25, 0.3) is 5.91 Å². The zero-order valence-corrected chi connectivity index (χ0v) is 22.0. The summed E-state index contributed by atoms with van der Waals surface area (Å²) in [6.45, 7) is 6.57. The van der Waals surface area contributed by atoms with Gasteiger partial charge in [0.15, 0.2) is 5.82 Å². The zero-order valence-electron chi connectivity index (χ0n) is 21.0. The van der Waals surface area contributed by atoms with E-state index in [1.54, 1.807) is 38.8 Å². The van der Waals surface area contributed by atoms with E-state index in [4.69, 9.17) is 4.74 Å². The van der Waals surface area contributed by atoms with E-state index in [1.165, 1.54) is 6.33 Å². The van der Waals surface area contributed by atoms with Crippen molar-refractivity contribution in [3.05, 3.63) is 72.2 Å². The normalized spacial score (nSPS) is 12.0. The molecule has 0 saturated heterocycles. The van der Waals surface area contributed by atoms with E-state index in [0.717, 1.165) is 27.7 Å². The van der Waals surface area contributed by atoms with Gasteiger partial charge in [-0.15, -0.1) is 0 Å². The van der Waals surface area contributed by atoms with Crippen LogP contribution in [-0.2, 0) is 10.3 Å². The number of aromatic nitrogens is 5. The van der Waals surface area contributed by atoms with Gasteiger partial charge in [-0.2, -0.15) is 13.5 Å². The number of pyridine rings is 1. The van der Waals surface area contributed by atoms with E-state index >= 15 is 0 Å². The molecule has 0 radical (unpaired) electrons. The van der Waals surface area contributed by atoms with Crippen molar-refractivity contribution in [1.29, 1.82) is 0 Å². The second-order valence-electron chi connectivity index (χ2n) is 8.76. The van der Waals surface area contributed by atoms with Crippen molar-refractivity contribution >= 4 is 36.1 Å². The van der Waals surface area contributed by atoms with Crippen LogP contribution in [0.1, 0.15) is 48.4 Å². The van der Waals surface area contributed by atoms with E-state index in [1.807, 2.05) is 38.1 Å². The second kappa shape index (κ2) is 11.4. The average molecular weight is 506 g/mol. The number of benzene rings is 1. The van der Waals surface area contributed by atoms with Gasteiger partial charge >= 0.3 is 0 Å². The van der Waals surface area contributed by atoms with Gasteiger partial charge in [-0.25, -0.2) is 19.9 Å². The minimum absolute atomic E-state index is 0. The zero-order chi connectivity index (χ0) is 25.0. The second-order valence-corrected chi connectivity index (χ2v) is 8.76. The molecule has 0 saturated carbocycles. The van der Waals surface area contributed by atoms with Gasteiger partial charge in [0, 0.05) is 62.2 Å². The highest BCUT2D eigenvalue weighted by Crippen LogP contribution is 2.27. The van der Waals surface area contributed by atoms with Crippen molar-refractivity contribution in [3.8, 4) is 11.3 Å². The Labute approximate surface area is 217 Å². The van der Waals surface area contributed by atoms with Crippen LogP contribution in [-0.4, -0.2) is 51.5 Å². The Balaban J connectivity index is 0.00000361. The maximum Gasteiger partial charge on any atom is 0.251 e. The number of para-hydroxylation sites is 1. The predicted molar refractivity (Wildman–Crippen MR) is 146 cm³/mol. The number of amides is 1. The van der Waals surface area contributed by atoms with E-state index in [-0.39, 0.29) is 25.3 Å². The van der Waals surface area contributed by atoms with Gasteiger partial charge in [-0.1, -0.05) is 25.1 Å². The molecule has 3 aromatic heterocycles. The monoisotopic (exact) mass is 505 g/mol. The first-order chi connectivity index (χ1) is 16.8. The van der Waals surface area contributed by atoms with Crippen LogP contribution in [0.15, 0.2) is 55.2 Å². The minimum Gasteiger partial charge on any atom is -0.371 e. The Morgan fingerprint density at radius 3 is 2.53 bits per heavy atom. The molecule has 0 aliphatic heterocycles. The molecule has 0 spiro atoms. The summed E-state index contributed by atoms with van der Waals surface area (Å²) in [4.78, 5) is 34.5. The molecular formula is C26H31N7O2S. The number of hydrogen-bond donors (Lipinski definition) is 2. The fourth-order valence-corrected chi connectivity index (χ4v) is 3.77. The van der Waals surface area contributed by atoms with Crippen molar-refractivity contribution in [3.63, 3.8) is 0 Å². The fraction of sp³-hybridized carbons (Fsp3) is 0.308. The molecule has 0 aliphatic rings. The molecule has 9 nitrogen and oxygen atoms in total. The van der Waals surface area contributed by atoms with Crippen LogP contribution in [0.5, 0.6) is 0 Å². The summed E-state index contributed by atoms with van der Waals surface area (Å²) < 4.78 is 5.44. The van der Waals surface area contributed by atoms with Gasteiger partial charge in [0.1, 0.15) is 17.7 Å². The summed E-state index contributed by atoms with van der Waals surface area (Å²) in [6, 6.07) is 9.54. The maximum absolute atomic E-state index is 12.3. The first-order valence-corrected chi connectivity index (χ1v) is 11.4. The lowest BCUT2D eigenvalue weighted by atomic mass is 9.96. The highest BCUT2D eigenvalue weighted by atomic mass is 32.1. The maximum atomic E-state index is 12.3. The lowest BCUT2D eigenvalue weighted by Crippen LogP contribution is -2.22. The summed E-state index contributed by atoms with van der Waals surface area (Å²) in [5.41, 5.74) is 3.44. The number of ether oxygens (including phenoxy) is 1. The highest BCUT2D eigenvalue weighted by molar-refractivity contribution is 7.59. The number of nitrogens with one attached hydrogen (secondary N) is 2. The molecule has 4 rings (SSSR count). The molecule has 3 heterocycles. The minimum atomic E-state index is -0.565. The topological polar surface area (TPSA) is 115 Å². The first kappa shape index (κ1) is 27.0. The molecule has 36 heavy (non-hydrogen) atoms. The quantitative estimate of drug-likeness (QED) is 0.369. The molecule has 1 atom stereocenters. The number of fused-ring (bicyclic) bond motifs is 1. The van der Waals surface area contributed by atoms with E-state index in [9.17, 15) is 4.79 Å². The SMILES string of the molecule is CNC(=O)c1ccnc2c([C@H](C)CNc3cc(-c4cnc(C(C)(C)OC)nc4)ncn3)cccc12.S. The number of rotatable bonds is 8. The van der Waals surface area contributed by atoms with Gasteiger partial charge in [-0.3, -0.25) is 9.78 Å². The van der Waals surface area contributed by atoms with Crippen LogP contribution in [0.2, 0.25) is 0 Å². The van der Waals surface area contributed by atoms with Gasteiger partial charge in [-0.05, 0) is 25.5 Å². The lowest BCUT2D eigenvalue weighted by molar-refractivity contribution is 0.0115. The van der Waals surface area contributed by atoms with Crippen LogP contribution in [0.25, 0.3) is 22.2 Å². The van der Waals surface area contributed by atoms with Gasteiger partial charge in [0.05, 0.1) is 16.8 Å². The van der Waals surface area contributed by atoms with Gasteiger partial charge in [0.2, 0.25) is 0 Å². The Morgan fingerprint density at radius 1 is 1.08 bits per heavy atom. The third kappa shape index (κ3) is 5.60. The molecule has 0 fully saturated rings. The third-order valence-corrected chi connectivity index (χ3v) is 6.06. The highest BCUT2D eigenvalue weighted by Gasteiger charge is 2.23. The smallest absolute Gasteiger partial charge is 0.251 e. The molecule has 0 unspecified atom stereocenters. The summed E-state index contributed by atoms with van der Waals surface area (Å²) in [6.07, 6.45) is 6.67. The van der Waals surface area contributed by atoms with Crippen LogP contribution >= 0.6 is 13.5 Å². The fourth-order valence-electron chi connectivity index (χ4n) is 3.77. The Morgan fingerprint density at radius 2 is 1.83 bits per heavy atom. The number of anilines is 1. The molecule has 0 bridgehead atoms. The molecular weight excluding hydrogens is 474 g/mol. The molecule has 4 aromatic rings. The predicted octanol–water partition coefficient (Wildman–Crippen LogP) is 4.05. The summed E-state index contributed by atoms with van der Waals surface area (Å²) in [7, 11) is 3.26. The van der Waals surface area contributed by atoms with Crippen molar-refractivity contribution < 1.29 is 9.53 Å². The van der Waals surface area contributed by atoms with Crippen molar-refractivity contribution in [1.82, 2.24) is 30.2 Å². The molecule has 188 valence electrons. The standard InChI is InChI=1S/C26H29N7O2.H2S/c1-16(18-7-6-8-19-20(24(34)27-4)9-10-28-23(18)19)12-29-22-11-21(32-15-33-22)17-13-30-25(31-14-17)26(2,3)35-5;/h6-11,13-16H,12H2,1-5H3,(H,27,34)(H,29,32,33);1H2/t16-;/m1./s1. The Kier molecular flexibility index (Phi) is 8.54. The first-order valence-electron chi connectivity index (χ1n) is 11.4. The number of carbonyl (C=O) groups excluding carboxylic acids is 1. The molecule has 2 N–H and O–H groups in total. The number of methoxy groups -OCH3 is 1. The van der Waals surface area contributed by atoms with Gasteiger partial charge < -0.3 is 15.4 Å². The van der Waals surface area contributed by atoms with Crippen LogP contribution in [0.4, 0.5) is 5.82 Å². The average Bonchev–Trinajstić information content (AvgIpc) is 2.90. The van der Waals surface area contributed by atoms with Crippen LogP contribution < -0.4 is 10.6 Å². The summed E-state index contributed by atoms with van der Waals surface area (Å²) >= 11 is 0. The van der Waals surface area contributed by atoms with Crippen molar-refractivity contribution in [2.75, 3.05) is 26.0 Å². The van der Waals surface area contributed by atoms with E-state index in [0.29, 0.717) is 23.8 Å². The number of carbonyl (C=O) groups is 1. The number of hydrogen-bond acceptors (Lipinski definition) is 8. The van der Waals surface area contributed by atoms with Crippen LogP contribution in [0, 0.1) is 0 Å². The molecule has 0 aliphatic carbocycles. The molecule has 10 heteroatoms. The summed E-state index contributed by atoms with van der Waals surface area (Å²) in [5.74, 6) is 1.29. The Bertz CT molecular complexity index is 1350. The molecule has 1 aromatic carbocycles. The largest absolute Gasteiger partial charge is 0.371 e. The van der Waals surface area contributed by atoms with E-state index < -0.39 is 5.60 Å². The lowest BCUT2D eigenvalue weighted by Gasteiger charge is -2.20. The van der Waals surface area contributed by atoms with Crippen LogP contribution in [0.3, 0.4) is 0 Å².